The SMILES string of the molecule is C=C/C(C)=C\C=C(/C=C)c1n[nH]c(=O)o1.CC.CC. The summed E-state index contributed by atoms with van der Waals surface area (Å²) in [5, 5.41) is 5.88. The fourth-order valence-corrected chi connectivity index (χ4v) is 0.869. The molecule has 0 aliphatic rings. The Balaban J connectivity index is 0. The molecule has 0 aliphatic heterocycles. The van der Waals surface area contributed by atoms with E-state index >= 15 is 0 Å². The van der Waals surface area contributed by atoms with Gasteiger partial charge in [-0.3, -0.25) is 0 Å². The van der Waals surface area contributed by atoms with E-state index in [1.807, 2.05) is 40.7 Å². The summed E-state index contributed by atoms with van der Waals surface area (Å²) in [6.07, 6.45) is 6.87. The third-order valence-electron chi connectivity index (χ3n) is 1.75. The zero-order valence-corrected chi connectivity index (χ0v) is 12.5. The van der Waals surface area contributed by atoms with Crippen LogP contribution >= 0.6 is 0 Å². The number of aromatic amines is 1. The van der Waals surface area contributed by atoms with Crippen LogP contribution in [0.4, 0.5) is 0 Å². The Morgan fingerprint density at radius 3 is 2.11 bits per heavy atom. The fourth-order valence-electron chi connectivity index (χ4n) is 0.869. The van der Waals surface area contributed by atoms with Gasteiger partial charge in [0.25, 0.3) is 0 Å². The van der Waals surface area contributed by atoms with Crippen molar-refractivity contribution in [3.63, 3.8) is 0 Å². The van der Waals surface area contributed by atoms with Crippen molar-refractivity contribution in [3.8, 4) is 0 Å². The molecule has 0 amide bonds. The normalized spacial score (nSPS) is 10.6. The van der Waals surface area contributed by atoms with Crippen LogP contribution in [0.2, 0.25) is 0 Å². The summed E-state index contributed by atoms with van der Waals surface area (Å²) >= 11 is 0. The molecule has 1 rings (SSSR count). The van der Waals surface area contributed by atoms with E-state index in [1.54, 1.807) is 18.2 Å². The molecule has 0 saturated carbocycles. The lowest BCUT2D eigenvalue weighted by Gasteiger charge is -1.92. The van der Waals surface area contributed by atoms with Crippen molar-refractivity contribution in [2.75, 3.05) is 0 Å². The first kappa shape index (κ1) is 19.2. The van der Waals surface area contributed by atoms with Crippen LogP contribution in [0.3, 0.4) is 0 Å². The number of H-pyrrole nitrogens is 1. The van der Waals surface area contributed by atoms with Gasteiger partial charge >= 0.3 is 5.76 Å². The summed E-state index contributed by atoms with van der Waals surface area (Å²) in [5.41, 5.74) is 1.63. The molecule has 1 N–H and O–H groups in total. The van der Waals surface area contributed by atoms with E-state index in [9.17, 15) is 4.79 Å². The maximum Gasteiger partial charge on any atom is 0.434 e. The Hall–Kier alpha value is -2.10. The van der Waals surface area contributed by atoms with Crippen molar-refractivity contribution in [2.24, 2.45) is 0 Å². The molecule has 0 bridgehead atoms. The standard InChI is InChI=1S/C11H12N2O2.2C2H6/c1-4-8(3)6-7-9(5-2)10-12-13-11(14)15-10;2*1-2/h4-7H,1-2H2,3H3,(H,13,14);2*1-2H3/b8-6-,9-7+;;. The van der Waals surface area contributed by atoms with Crippen LogP contribution in [-0.4, -0.2) is 10.2 Å². The van der Waals surface area contributed by atoms with Crippen molar-refractivity contribution >= 4 is 5.57 Å². The molecule has 1 aromatic heterocycles. The average Bonchev–Trinajstić information content (AvgIpc) is 2.90. The quantitative estimate of drug-likeness (QED) is 0.832. The van der Waals surface area contributed by atoms with Gasteiger partial charge in [-0.1, -0.05) is 64.7 Å². The van der Waals surface area contributed by atoms with Crippen LogP contribution in [0.5, 0.6) is 0 Å². The largest absolute Gasteiger partial charge is 0.434 e. The third-order valence-corrected chi connectivity index (χ3v) is 1.75. The summed E-state index contributed by atoms with van der Waals surface area (Å²) in [5.74, 6) is -0.356. The molecule has 0 spiro atoms. The molecule has 0 saturated heterocycles. The monoisotopic (exact) mass is 264 g/mol. The molecule has 0 radical (unpaired) electrons. The fraction of sp³-hybridized carbons (Fsp3) is 0.333. The lowest BCUT2D eigenvalue weighted by molar-refractivity contribution is 0.501. The Labute approximate surface area is 115 Å². The number of nitrogens with one attached hydrogen (secondary N) is 1. The summed E-state index contributed by atoms with van der Waals surface area (Å²) in [7, 11) is 0. The number of nitrogens with zero attached hydrogens (tertiary/aromatic N) is 1. The Morgan fingerprint density at radius 2 is 1.74 bits per heavy atom. The molecule has 4 nitrogen and oxygen atoms in total. The summed E-state index contributed by atoms with van der Waals surface area (Å²) in [4.78, 5) is 10.7. The van der Waals surface area contributed by atoms with E-state index in [4.69, 9.17) is 4.42 Å². The lowest BCUT2D eigenvalue weighted by atomic mass is 10.2. The van der Waals surface area contributed by atoms with E-state index in [2.05, 4.69) is 23.4 Å². The molecule has 1 heterocycles. The van der Waals surface area contributed by atoms with E-state index in [1.165, 1.54) is 0 Å². The molecule has 0 fully saturated rings. The van der Waals surface area contributed by atoms with Crippen LogP contribution < -0.4 is 5.76 Å². The minimum absolute atomic E-state index is 0.225. The minimum atomic E-state index is -0.581. The first-order chi connectivity index (χ1) is 9.17. The van der Waals surface area contributed by atoms with Gasteiger partial charge in [0, 0.05) is 5.57 Å². The maximum absolute atomic E-state index is 10.7. The van der Waals surface area contributed by atoms with Gasteiger partial charge in [-0.15, -0.1) is 5.10 Å². The van der Waals surface area contributed by atoms with Crippen molar-refractivity contribution in [2.45, 2.75) is 34.6 Å². The first-order valence-corrected chi connectivity index (χ1v) is 6.36. The zero-order valence-electron chi connectivity index (χ0n) is 12.5. The number of rotatable bonds is 4. The molecule has 0 atom stereocenters. The van der Waals surface area contributed by atoms with Gasteiger partial charge in [0.1, 0.15) is 0 Å². The molecular weight excluding hydrogens is 240 g/mol. The van der Waals surface area contributed by atoms with E-state index in [-0.39, 0.29) is 5.89 Å². The predicted octanol–water partition coefficient (Wildman–Crippen LogP) is 4.12. The third kappa shape index (κ3) is 7.76. The second kappa shape index (κ2) is 12.4. The topological polar surface area (TPSA) is 58.9 Å². The Kier molecular flexibility index (Phi) is 12.5. The van der Waals surface area contributed by atoms with Crippen LogP contribution in [0, 0.1) is 0 Å². The second-order valence-electron chi connectivity index (χ2n) is 2.86. The summed E-state index contributed by atoms with van der Waals surface area (Å²) < 4.78 is 4.79. The summed E-state index contributed by atoms with van der Waals surface area (Å²) in [6, 6.07) is 0. The molecule has 19 heavy (non-hydrogen) atoms. The van der Waals surface area contributed by atoms with Gasteiger partial charge in [0.05, 0.1) is 0 Å². The van der Waals surface area contributed by atoms with Gasteiger partial charge in [0.15, 0.2) is 0 Å². The van der Waals surface area contributed by atoms with Crippen LogP contribution in [0.15, 0.2) is 52.2 Å². The predicted molar refractivity (Wildman–Crippen MR) is 81.9 cm³/mol. The van der Waals surface area contributed by atoms with Crippen molar-refractivity contribution in [1.29, 1.82) is 0 Å². The Bertz CT molecular complexity index is 476. The number of hydrogen-bond donors (Lipinski definition) is 1. The van der Waals surface area contributed by atoms with Crippen molar-refractivity contribution in [3.05, 3.63) is 59.5 Å². The van der Waals surface area contributed by atoms with Gasteiger partial charge in [-0.2, -0.15) is 0 Å². The summed E-state index contributed by atoms with van der Waals surface area (Å²) in [6.45, 7) is 17.1. The molecule has 4 heteroatoms. The highest BCUT2D eigenvalue weighted by atomic mass is 16.4. The second-order valence-corrected chi connectivity index (χ2v) is 2.86. The lowest BCUT2D eigenvalue weighted by Crippen LogP contribution is -1.93. The zero-order chi connectivity index (χ0) is 15.3. The van der Waals surface area contributed by atoms with Gasteiger partial charge in [-0.25, -0.2) is 9.89 Å². The highest BCUT2D eigenvalue weighted by Crippen LogP contribution is 2.11. The van der Waals surface area contributed by atoms with E-state index < -0.39 is 5.76 Å². The molecule has 0 unspecified atom stereocenters. The first-order valence-electron chi connectivity index (χ1n) is 6.36. The smallest absolute Gasteiger partial charge is 0.388 e. The molecule has 1 aromatic rings. The minimum Gasteiger partial charge on any atom is -0.388 e. The molecule has 0 aliphatic carbocycles. The van der Waals surface area contributed by atoms with Gasteiger partial charge in [0.2, 0.25) is 5.89 Å². The van der Waals surface area contributed by atoms with Crippen molar-refractivity contribution in [1.82, 2.24) is 10.2 Å². The average molecular weight is 264 g/mol. The van der Waals surface area contributed by atoms with Crippen LogP contribution in [-0.2, 0) is 0 Å². The van der Waals surface area contributed by atoms with Crippen molar-refractivity contribution < 1.29 is 4.42 Å². The molecule has 106 valence electrons. The van der Waals surface area contributed by atoms with Crippen LogP contribution in [0.1, 0.15) is 40.5 Å². The molecular formula is C15H24N2O2. The van der Waals surface area contributed by atoms with E-state index in [0.29, 0.717) is 5.57 Å². The van der Waals surface area contributed by atoms with Gasteiger partial charge < -0.3 is 4.42 Å². The highest BCUT2D eigenvalue weighted by molar-refractivity contribution is 5.69. The molecule has 0 aromatic carbocycles. The highest BCUT2D eigenvalue weighted by Gasteiger charge is 2.03. The van der Waals surface area contributed by atoms with E-state index in [0.717, 1.165) is 5.57 Å². The number of allylic oxidation sites excluding steroid dienone is 6. The number of aromatic nitrogens is 2. The van der Waals surface area contributed by atoms with Gasteiger partial charge in [-0.05, 0) is 13.0 Å². The maximum atomic E-state index is 10.7. The van der Waals surface area contributed by atoms with Crippen LogP contribution in [0.25, 0.3) is 5.57 Å². The number of hydrogen-bond acceptors (Lipinski definition) is 3. The Morgan fingerprint density at radius 1 is 1.16 bits per heavy atom.